The van der Waals surface area contributed by atoms with Gasteiger partial charge in [-0.15, -0.1) is 0 Å². The van der Waals surface area contributed by atoms with Crippen molar-refractivity contribution in [3.05, 3.63) is 17.5 Å². The lowest BCUT2D eigenvalue weighted by atomic mass is 9.53. The first kappa shape index (κ1) is 16.0. The fraction of sp³-hybridized carbons (Fsp3) is 0.789. The zero-order valence-electron chi connectivity index (χ0n) is 15.1. The van der Waals surface area contributed by atoms with Crippen molar-refractivity contribution in [2.45, 2.75) is 77.4 Å². The molecule has 4 saturated carbocycles. The summed E-state index contributed by atoms with van der Waals surface area (Å²) in [6, 6.07) is -0.0210. The second-order valence-electron chi connectivity index (χ2n) is 8.54. The van der Waals surface area contributed by atoms with Gasteiger partial charge in [-0.25, -0.2) is 4.79 Å². The Labute approximate surface area is 144 Å². The molecule has 5 nitrogen and oxygen atoms in total. The van der Waals surface area contributed by atoms with Crippen molar-refractivity contribution in [1.29, 1.82) is 0 Å². The van der Waals surface area contributed by atoms with Crippen molar-refractivity contribution >= 4 is 6.03 Å². The molecule has 5 rings (SSSR count). The highest BCUT2D eigenvalue weighted by Crippen LogP contribution is 2.55. The van der Waals surface area contributed by atoms with E-state index in [4.69, 9.17) is 0 Å². The number of amides is 2. The van der Waals surface area contributed by atoms with Crippen LogP contribution in [0.25, 0.3) is 0 Å². The number of nitrogens with zero attached hydrogens (tertiary/aromatic N) is 2. The maximum atomic E-state index is 12.6. The molecule has 0 radical (unpaired) electrons. The van der Waals surface area contributed by atoms with Gasteiger partial charge in [0.1, 0.15) is 0 Å². The Balaban J connectivity index is 1.40. The molecule has 4 aliphatic carbocycles. The highest BCUT2D eigenvalue weighted by molar-refractivity contribution is 5.75. The molecule has 1 heterocycles. The van der Waals surface area contributed by atoms with Crippen molar-refractivity contribution in [2.75, 3.05) is 0 Å². The number of carbonyl (C=O) groups excluding carboxylic acids is 1. The van der Waals surface area contributed by atoms with Crippen LogP contribution in [0.5, 0.6) is 0 Å². The third-order valence-electron chi connectivity index (χ3n) is 6.54. The molecule has 5 heteroatoms. The van der Waals surface area contributed by atoms with E-state index in [1.54, 1.807) is 0 Å². The summed E-state index contributed by atoms with van der Waals surface area (Å²) in [5.74, 6) is 2.54. The van der Waals surface area contributed by atoms with Crippen molar-refractivity contribution in [3.63, 3.8) is 0 Å². The molecule has 0 aliphatic heterocycles. The first-order valence-corrected chi connectivity index (χ1v) is 9.59. The minimum absolute atomic E-state index is 0.00639. The summed E-state index contributed by atoms with van der Waals surface area (Å²) in [6.45, 7) is 6.99. The average Bonchev–Trinajstić information content (AvgIpc) is 2.86. The van der Waals surface area contributed by atoms with Gasteiger partial charge in [-0.3, -0.25) is 4.68 Å². The molecular formula is C19H30N4O. The van der Waals surface area contributed by atoms with Crippen LogP contribution in [0, 0.1) is 24.7 Å². The number of urea groups is 1. The number of nitrogens with one attached hydrogen (secondary N) is 2. The second kappa shape index (κ2) is 5.78. The van der Waals surface area contributed by atoms with Gasteiger partial charge in [-0.2, -0.15) is 5.10 Å². The van der Waals surface area contributed by atoms with Crippen LogP contribution in [-0.4, -0.2) is 21.4 Å². The van der Waals surface area contributed by atoms with Crippen molar-refractivity contribution in [1.82, 2.24) is 20.4 Å². The SMILES string of the molecule is CCn1cc(C(C)NC(=O)NC23CC4CC(CC(C4)C2)C3)c(C)n1. The zero-order chi connectivity index (χ0) is 16.9. The fourth-order valence-corrected chi connectivity index (χ4v) is 5.94. The normalized spacial score (nSPS) is 35.0. The summed E-state index contributed by atoms with van der Waals surface area (Å²) >= 11 is 0. The van der Waals surface area contributed by atoms with Gasteiger partial charge in [0.2, 0.25) is 0 Å². The third kappa shape index (κ3) is 2.82. The monoisotopic (exact) mass is 330 g/mol. The van der Waals surface area contributed by atoms with Gasteiger partial charge in [-0.05, 0) is 77.0 Å². The van der Waals surface area contributed by atoms with Gasteiger partial charge < -0.3 is 10.6 Å². The molecule has 2 N–H and O–H groups in total. The van der Waals surface area contributed by atoms with Crippen LogP contribution < -0.4 is 10.6 Å². The highest BCUT2D eigenvalue weighted by atomic mass is 16.2. The van der Waals surface area contributed by atoms with Gasteiger partial charge >= 0.3 is 6.03 Å². The number of hydrogen-bond donors (Lipinski definition) is 2. The Morgan fingerprint density at radius 3 is 2.38 bits per heavy atom. The molecule has 4 bridgehead atoms. The molecule has 24 heavy (non-hydrogen) atoms. The topological polar surface area (TPSA) is 59.0 Å². The Bertz CT molecular complexity index is 600. The van der Waals surface area contributed by atoms with Gasteiger partial charge in [0, 0.05) is 23.8 Å². The standard InChI is InChI=1S/C19H30N4O/c1-4-23-11-17(13(3)22-23)12(2)20-18(24)21-19-8-14-5-15(9-19)7-16(6-14)10-19/h11-12,14-16H,4-10H2,1-3H3,(H2,20,21,24). The first-order valence-electron chi connectivity index (χ1n) is 9.59. The molecule has 4 aliphatic rings. The third-order valence-corrected chi connectivity index (χ3v) is 6.54. The molecule has 1 atom stereocenters. The highest BCUT2D eigenvalue weighted by Gasteiger charge is 2.51. The second-order valence-corrected chi connectivity index (χ2v) is 8.54. The van der Waals surface area contributed by atoms with Gasteiger partial charge in [0.25, 0.3) is 0 Å². The minimum atomic E-state index is -0.0146. The predicted molar refractivity (Wildman–Crippen MR) is 93.6 cm³/mol. The van der Waals surface area contributed by atoms with Gasteiger partial charge in [-0.1, -0.05) is 0 Å². The zero-order valence-corrected chi connectivity index (χ0v) is 15.1. The van der Waals surface area contributed by atoms with Crippen LogP contribution in [0.4, 0.5) is 4.79 Å². The largest absolute Gasteiger partial charge is 0.333 e. The summed E-state index contributed by atoms with van der Waals surface area (Å²) < 4.78 is 1.93. The van der Waals surface area contributed by atoms with Crippen molar-refractivity contribution < 1.29 is 4.79 Å². The van der Waals surface area contributed by atoms with Crippen LogP contribution in [0.1, 0.15) is 69.7 Å². The van der Waals surface area contributed by atoms with E-state index in [9.17, 15) is 4.79 Å². The quantitative estimate of drug-likeness (QED) is 0.887. The Hall–Kier alpha value is -1.52. The molecule has 4 fully saturated rings. The molecule has 1 aromatic rings. The lowest BCUT2D eigenvalue weighted by Gasteiger charge is -2.56. The van der Waals surface area contributed by atoms with E-state index >= 15 is 0 Å². The molecular weight excluding hydrogens is 300 g/mol. The molecule has 2 amide bonds. The Morgan fingerprint density at radius 1 is 1.29 bits per heavy atom. The van der Waals surface area contributed by atoms with Crippen molar-refractivity contribution in [3.8, 4) is 0 Å². The fourth-order valence-electron chi connectivity index (χ4n) is 5.94. The van der Waals surface area contributed by atoms with E-state index in [1.165, 1.54) is 38.5 Å². The van der Waals surface area contributed by atoms with E-state index in [0.29, 0.717) is 0 Å². The molecule has 1 unspecified atom stereocenters. The maximum absolute atomic E-state index is 12.6. The van der Waals surface area contributed by atoms with E-state index in [2.05, 4.69) is 22.7 Å². The number of hydrogen-bond acceptors (Lipinski definition) is 2. The van der Waals surface area contributed by atoms with E-state index in [1.807, 2.05) is 24.7 Å². The van der Waals surface area contributed by atoms with Crippen LogP contribution in [0.3, 0.4) is 0 Å². The number of rotatable bonds is 4. The summed E-state index contributed by atoms with van der Waals surface area (Å²) in [5.41, 5.74) is 2.18. The number of aromatic nitrogens is 2. The summed E-state index contributed by atoms with van der Waals surface area (Å²) in [4.78, 5) is 12.6. The number of carbonyl (C=O) groups is 1. The number of aryl methyl sites for hydroxylation is 2. The minimum Gasteiger partial charge on any atom is -0.333 e. The molecule has 132 valence electrons. The van der Waals surface area contributed by atoms with Gasteiger partial charge in [0.05, 0.1) is 11.7 Å². The maximum Gasteiger partial charge on any atom is 0.315 e. The summed E-state index contributed by atoms with van der Waals surface area (Å²) in [5, 5.41) is 11.0. The summed E-state index contributed by atoms with van der Waals surface area (Å²) in [6.07, 6.45) is 9.80. The molecule has 1 aromatic heterocycles. The Morgan fingerprint density at radius 2 is 1.88 bits per heavy atom. The summed E-state index contributed by atoms with van der Waals surface area (Å²) in [7, 11) is 0. The predicted octanol–water partition coefficient (Wildman–Crippen LogP) is 3.54. The van der Waals surface area contributed by atoms with Gasteiger partial charge in [0.15, 0.2) is 0 Å². The average molecular weight is 330 g/mol. The smallest absolute Gasteiger partial charge is 0.315 e. The molecule has 0 saturated heterocycles. The van der Waals surface area contributed by atoms with E-state index in [-0.39, 0.29) is 17.6 Å². The van der Waals surface area contributed by atoms with Crippen LogP contribution in [0.15, 0.2) is 6.20 Å². The molecule has 0 aromatic carbocycles. The van der Waals surface area contributed by atoms with Crippen LogP contribution in [-0.2, 0) is 6.54 Å². The van der Waals surface area contributed by atoms with Crippen molar-refractivity contribution in [2.24, 2.45) is 17.8 Å². The van der Waals surface area contributed by atoms with Crippen LogP contribution in [0.2, 0.25) is 0 Å². The van der Waals surface area contributed by atoms with E-state index in [0.717, 1.165) is 35.6 Å². The van der Waals surface area contributed by atoms with E-state index < -0.39 is 0 Å². The lowest BCUT2D eigenvalue weighted by molar-refractivity contribution is -0.0136. The van der Waals surface area contributed by atoms with Crippen LogP contribution >= 0.6 is 0 Å². The first-order chi connectivity index (χ1) is 11.5. The Kier molecular flexibility index (Phi) is 3.85. The lowest BCUT2D eigenvalue weighted by Crippen LogP contribution is -2.61. The molecule has 0 spiro atoms.